The van der Waals surface area contributed by atoms with E-state index in [1.165, 1.54) is 44.6 Å². The van der Waals surface area contributed by atoms with Gasteiger partial charge in [-0.3, -0.25) is 0 Å². The summed E-state index contributed by atoms with van der Waals surface area (Å²) in [4.78, 5) is 11.1. The van der Waals surface area contributed by atoms with Crippen LogP contribution in [0.5, 0.6) is 0 Å². The van der Waals surface area contributed by atoms with E-state index in [4.69, 9.17) is 4.74 Å². The van der Waals surface area contributed by atoms with Crippen molar-refractivity contribution in [3.8, 4) is 0 Å². The SMILES string of the molecule is C=CC(=O)OCCC1CCC2(CC1)CCC(C)(C)C2(C)C. The molecule has 2 heteroatoms. The number of rotatable bonds is 4. The Morgan fingerprint density at radius 1 is 1.14 bits per heavy atom. The third-order valence-corrected chi connectivity index (χ3v) is 7.25. The lowest BCUT2D eigenvalue weighted by molar-refractivity contribution is -0.138. The second-order valence-electron chi connectivity index (χ2n) is 8.39. The van der Waals surface area contributed by atoms with Gasteiger partial charge in [0, 0.05) is 6.08 Å². The Labute approximate surface area is 130 Å². The van der Waals surface area contributed by atoms with Crippen LogP contribution in [0, 0.1) is 22.2 Å². The molecule has 120 valence electrons. The highest BCUT2D eigenvalue weighted by molar-refractivity contribution is 5.81. The minimum Gasteiger partial charge on any atom is -0.463 e. The second kappa shape index (κ2) is 5.78. The van der Waals surface area contributed by atoms with Crippen molar-refractivity contribution in [2.75, 3.05) is 6.61 Å². The molecule has 2 saturated carbocycles. The quantitative estimate of drug-likeness (QED) is 0.530. The van der Waals surface area contributed by atoms with Crippen molar-refractivity contribution in [3.05, 3.63) is 12.7 Å². The van der Waals surface area contributed by atoms with Gasteiger partial charge in [-0.1, -0.05) is 34.3 Å². The Morgan fingerprint density at radius 2 is 1.76 bits per heavy atom. The number of ether oxygens (including phenoxy) is 1. The minimum absolute atomic E-state index is 0.291. The Morgan fingerprint density at radius 3 is 2.24 bits per heavy atom. The maximum Gasteiger partial charge on any atom is 0.330 e. The molecule has 0 unspecified atom stereocenters. The molecule has 0 bridgehead atoms. The molecular formula is C19H32O2. The molecule has 0 atom stereocenters. The Kier molecular flexibility index (Phi) is 4.56. The van der Waals surface area contributed by atoms with Crippen molar-refractivity contribution >= 4 is 5.97 Å². The van der Waals surface area contributed by atoms with E-state index in [1.54, 1.807) is 0 Å². The summed E-state index contributed by atoms with van der Waals surface area (Å²) in [5.41, 5.74) is 1.43. The smallest absolute Gasteiger partial charge is 0.330 e. The lowest BCUT2D eigenvalue weighted by Crippen LogP contribution is -2.42. The van der Waals surface area contributed by atoms with Gasteiger partial charge in [-0.05, 0) is 67.1 Å². The number of esters is 1. The zero-order valence-corrected chi connectivity index (χ0v) is 14.3. The van der Waals surface area contributed by atoms with E-state index in [1.807, 2.05) is 0 Å². The first-order chi connectivity index (χ1) is 9.74. The van der Waals surface area contributed by atoms with Gasteiger partial charge >= 0.3 is 5.97 Å². The predicted octanol–water partition coefficient (Wildman–Crippen LogP) is 5.13. The fourth-order valence-corrected chi connectivity index (χ4v) is 4.67. The Hall–Kier alpha value is -0.790. The first-order valence-corrected chi connectivity index (χ1v) is 8.53. The summed E-state index contributed by atoms with van der Waals surface area (Å²) in [6.45, 7) is 13.9. The molecule has 2 rings (SSSR count). The second-order valence-corrected chi connectivity index (χ2v) is 8.39. The van der Waals surface area contributed by atoms with E-state index in [2.05, 4.69) is 34.3 Å². The molecule has 2 aliphatic carbocycles. The fourth-order valence-electron chi connectivity index (χ4n) is 4.67. The molecule has 0 N–H and O–H groups in total. The van der Waals surface area contributed by atoms with Crippen LogP contribution in [0.4, 0.5) is 0 Å². The van der Waals surface area contributed by atoms with Gasteiger partial charge in [0.1, 0.15) is 0 Å². The maximum absolute atomic E-state index is 11.1. The van der Waals surface area contributed by atoms with Gasteiger partial charge in [0.2, 0.25) is 0 Å². The molecule has 0 heterocycles. The molecule has 2 nitrogen and oxygen atoms in total. The molecule has 0 aromatic rings. The highest BCUT2D eigenvalue weighted by Crippen LogP contribution is 2.67. The van der Waals surface area contributed by atoms with Gasteiger partial charge in [0.25, 0.3) is 0 Å². The molecule has 0 amide bonds. The van der Waals surface area contributed by atoms with Gasteiger partial charge in [-0.15, -0.1) is 0 Å². The van der Waals surface area contributed by atoms with E-state index in [0.29, 0.717) is 22.9 Å². The van der Waals surface area contributed by atoms with Crippen molar-refractivity contribution in [2.24, 2.45) is 22.2 Å². The summed E-state index contributed by atoms with van der Waals surface area (Å²) in [5.74, 6) is 0.439. The lowest BCUT2D eigenvalue weighted by atomic mass is 9.54. The van der Waals surface area contributed by atoms with Gasteiger partial charge in [-0.25, -0.2) is 4.79 Å². The largest absolute Gasteiger partial charge is 0.463 e. The van der Waals surface area contributed by atoms with Crippen molar-refractivity contribution in [1.29, 1.82) is 0 Å². The number of hydrogen-bond donors (Lipinski definition) is 0. The minimum atomic E-state index is -0.291. The average Bonchev–Trinajstić information content (AvgIpc) is 2.61. The van der Waals surface area contributed by atoms with Crippen LogP contribution in [0.1, 0.15) is 72.6 Å². The van der Waals surface area contributed by atoms with Gasteiger partial charge < -0.3 is 4.74 Å². The van der Waals surface area contributed by atoms with E-state index in [9.17, 15) is 4.79 Å². The summed E-state index contributed by atoms with van der Waals surface area (Å²) in [5, 5.41) is 0. The molecule has 0 aromatic heterocycles. The molecule has 2 fully saturated rings. The summed E-state index contributed by atoms with van der Waals surface area (Å²) in [6.07, 6.45) is 10.3. The predicted molar refractivity (Wildman–Crippen MR) is 87.0 cm³/mol. The van der Waals surface area contributed by atoms with Crippen LogP contribution in [0.3, 0.4) is 0 Å². The van der Waals surface area contributed by atoms with Crippen LogP contribution in [-0.4, -0.2) is 12.6 Å². The maximum atomic E-state index is 11.1. The summed E-state index contributed by atoms with van der Waals surface area (Å²) in [6, 6.07) is 0. The van der Waals surface area contributed by atoms with E-state index >= 15 is 0 Å². The third kappa shape index (κ3) is 2.91. The molecule has 0 aliphatic heterocycles. The van der Waals surface area contributed by atoms with Crippen LogP contribution in [0.25, 0.3) is 0 Å². The van der Waals surface area contributed by atoms with Gasteiger partial charge in [0.05, 0.1) is 6.61 Å². The summed E-state index contributed by atoms with van der Waals surface area (Å²) < 4.78 is 5.13. The standard InChI is InChI=1S/C19H32O2/c1-6-16(20)21-14-9-15-7-10-19(11-8-15)13-12-17(2,3)18(19,4)5/h6,15H,1,7-14H2,2-5H3. The molecule has 21 heavy (non-hydrogen) atoms. The van der Waals surface area contributed by atoms with E-state index < -0.39 is 0 Å². The fraction of sp³-hybridized carbons (Fsp3) is 0.842. The first-order valence-electron chi connectivity index (χ1n) is 8.53. The Balaban J connectivity index is 1.86. The highest BCUT2D eigenvalue weighted by atomic mass is 16.5. The summed E-state index contributed by atoms with van der Waals surface area (Å²) in [7, 11) is 0. The molecule has 2 aliphatic rings. The van der Waals surface area contributed by atoms with Gasteiger partial charge in [-0.2, -0.15) is 0 Å². The van der Waals surface area contributed by atoms with Crippen LogP contribution < -0.4 is 0 Å². The van der Waals surface area contributed by atoms with Gasteiger partial charge in [0.15, 0.2) is 0 Å². The summed E-state index contributed by atoms with van der Waals surface area (Å²) >= 11 is 0. The van der Waals surface area contributed by atoms with Crippen LogP contribution in [0.2, 0.25) is 0 Å². The zero-order chi connectivity index (χ0) is 15.7. The number of carbonyl (C=O) groups is 1. The Bertz CT molecular complexity index is 398. The topological polar surface area (TPSA) is 26.3 Å². The number of carbonyl (C=O) groups excluding carboxylic acids is 1. The molecule has 0 radical (unpaired) electrons. The van der Waals surface area contributed by atoms with Crippen molar-refractivity contribution < 1.29 is 9.53 Å². The van der Waals surface area contributed by atoms with Crippen molar-refractivity contribution in [3.63, 3.8) is 0 Å². The normalized spacial score (nSPS) is 33.8. The molecule has 1 spiro atoms. The van der Waals surface area contributed by atoms with Crippen LogP contribution >= 0.6 is 0 Å². The monoisotopic (exact) mass is 292 g/mol. The lowest BCUT2D eigenvalue weighted by Gasteiger charge is -2.51. The highest BCUT2D eigenvalue weighted by Gasteiger charge is 2.58. The van der Waals surface area contributed by atoms with Crippen LogP contribution in [0.15, 0.2) is 12.7 Å². The van der Waals surface area contributed by atoms with Crippen molar-refractivity contribution in [2.45, 2.75) is 72.6 Å². The first kappa shape index (κ1) is 16.6. The third-order valence-electron chi connectivity index (χ3n) is 7.25. The van der Waals surface area contributed by atoms with Crippen molar-refractivity contribution in [1.82, 2.24) is 0 Å². The molecule has 0 saturated heterocycles. The average molecular weight is 292 g/mol. The van der Waals surface area contributed by atoms with E-state index in [0.717, 1.165) is 12.3 Å². The van der Waals surface area contributed by atoms with E-state index in [-0.39, 0.29) is 5.97 Å². The van der Waals surface area contributed by atoms with Crippen LogP contribution in [-0.2, 0) is 9.53 Å². The number of hydrogen-bond acceptors (Lipinski definition) is 2. The molecule has 0 aromatic carbocycles. The molecular weight excluding hydrogens is 260 g/mol. The zero-order valence-electron chi connectivity index (χ0n) is 14.3.